The third kappa shape index (κ3) is 4.81. The zero-order valence-corrected chi connectivity index (χ0v) is 22.1. The maximum atomic E-state index is 13.4. The highest BCUT2D eigenvalue weighted by molar-refractivity contribution is 5.85. The van der Waals surface area contributed by atoms with Gasteiger partial charge < -0.3 is 19.6 Å². The average Bonchev–Trinajstić information content (AvgIpc) is 3.41. The highest BCUT2D eigenvalue weighted by atomic mass is 16.5. The van der Waals surface area contributed by atoms with E-state index in [4.69, 9.17) is 4.74 Å². The number of carbonyl (C=O) groups excluding carboxylic acids is 1. The molecule has 4 rings (SSSR count). The Hall–Kier alpha value is -2.86. The predicted molar refractivity (Wildman–Crippen MR) is 137 cm³/mol. The summed E-state index contributed by atoms with van der Waals surface area (Å²) in [6.07, 6.45) is 0.966. The maximum Gasteiger partial charge on any atom is 0.337 e. The van der Waals surface area contributed by atoms with E-state index in [2.05, 4.69) is 13.8 Å². The molecule has 2 amide bonds. The van der Waals surface area contributed by atoms with Crippen LogP contribution in [0.3, 0.4) is 0 Å². The van der Waals surface area contributed by atoms with Crippen molar-refractivity contribution in [2.24, 2.45) is 0 Å². The second-order valence-corrected chi connectivity index (χ2v) is 11.1. The lowest BCUT2D eigenvalue weighted by Crippen LogP contribution is -2.42. The highest BCUT2D eigenvalue weighted by Crippen LogP contribution is 2.44. The number of carboxylic acid groups (broad SMARTS) is 1. The van der Waals surface area contributed by atoms with Gasteiger partial charge in [0.15, 0.2) is 6.10 Å². The first-order chi connectivity index (χ1) is 16.4. The van der Waals surface area contributed by atoms with E-state index in [-0.39, 0.29) is 12.1 Å². The van der Waals surface area contributed by atoms with Gasteiger partial charge in [-0.3, -0.25) is 0 Å². The van der Waals surface area contributed by atoms with Gasteiger partial charge in [-0.05, 0) is 94.7 Å². The van der Waals surface area contributed by atoms with E-state index in [0.29, 0.717) is 18.7 Å². The van der Waals surface area contributed by atoms with Crippen molar-refractivity contribution in [1.82, 2.24) is 9.80 Å². The minimum Gasteiger partial charge on any atom is -0.479 e. The van der Waals surface area contributed by atoms with Gasteiger partial charge in [-0.2, -0.15) is 0 Å². The van der Waals surface area contributed by atoms with Crippen LogP contribution >= 0.6 is 0 Å². The molecule has 2 aromatic carbocycles. The summed E-state index contributed by atoms with van der Waals surface area (Å²) in [5.74, 6) is -1.01. The molecule has 2 atom stereocenters. The number of urea groups is 1. The summed E-state index contributed by atoms with van der Waals surface area (Å²) >= 11 is 0. The van der Waals surface area contributed by atoms with Gasteiger partial charge in [0.25, 0.3) is 0 Å². The van der Waals surface area contributed by atoms with Crippen LogP contribution in [0.15, 0.2) is 24.3 Å². The first kappa shape index (κ1) is 25.2. The first-order valence-corrected chi connectivity index (χ1v) is 12.6. The fourth-order valence-electron chi connectivity index (χ4n) is 5.56. The molecule has 35 heavy (non-hydrogen) atoms. The van der Waals surface area contributed by atoms with Gasteiger partial charge in [-0.25, -0.2) is 9.59 Å². The number of ether oxygens (including phenoxy) is 1. The molecular weight excluding hydrogens is 440 g/mol. The molecule has 0 saturated carbocycles. The molecule has 188 valence electrons. The zero-order valence-electron chi connectivity index (χ0n) is 22.1. The monoisotopic (exact) mass is 478 g/mol. The molecule has 0 aliphatic carbocycles. The number of fused-ring (bicyclic) bond motifs is 1. The van der Waals surface area contributed by atoms with Crippen molar-refractivity contribution in [3.8, 4) is 11.1 Å². The first-order valence-electron chi connectivity index (χ1n) is 12.6. The second kappa shape index (κ2) is 9.30. The molecule has 1 unspecified atom stereocenters. The number of aryl methyl sites for hydroxylation is 1. The SMILES string of the molecule is Cc1ccc(-c2c(C)c3c(c(C)c2C(OC(C)(C)C)C(=O)O)CN(C(=O)N2CCC[C@@H]2C)C3)cc1. The lowest BCUT2D eigenvalue weighted by Gasteiger charge is -2.29. The van der Waals surface area contributed by atoms with Crippen LogP contribution in [-0.2, 0) is 22.6 Å². The van der Waals surface area contributed by atoms with Crippen LogP contribution in [0, 0.1) is 20.8 Å². The van der Waals surface area contributed by atoms with Crippen LogP contribution in [0.25, 0.3) is 11.1 Å². The average molecular weight is 479 g/mol. The summed E-state index contributed by atoms with van der Waals surface area (Å²) in [6.45, 7) is 15.7. The molecule has 1 saturated heterocycles. The molecule has 6 heteroatoms. The fraction of sp³-hybridized carbons (Fsp3) is 0.517. The number of amides is 2. The second-order valence-electron chi connectivity index (χ2n) is 11.1. The summed E-state index contributed by atoms with van der Waals surface area (Å²) in [5, 5.41) is 10.3. The Labute approximate surface area is 208 Å². The van der Waals surface area contributed by atoms with Crippen molar-refractivity contribution in [3.63, 3.8) is 0 Å². The Morgan fingerprint density at radius 3 is 2.14 bits per heavy atom. The van der Waals surface area contributed by atoms with Gasteiger partial charge in [0, 0.05) is 31.2 Å². The Balaban J connectivity index is 1.87. The third-order valence-corrected chi connectivity index (χ3v) is 7.38. The molecule has 2 aromatic rings. The van der Waals surface area contributed by atoms with Crippen LogP contribution in [0.4, 0.5) is 4.79 Å². The minimum atomic E-state index is -1.11. The van der Waals surface area contributed by atoms with Crippen LogP contribution in [0.2, 0.25) is 0 Å². The van der Waals surface area contributed by atoms with Crippen LogP contribution in [0.1, 0.15) is 80.0 Å². The molecule has 0 spiro atoms. The number of nitrogens with zero attached hydrogens (tertiary/aromatic N) is 2. The van der Waals surface area contributed by atoms with Crippen molar-refractivity contribution in [3.05, 3.63) is 57.6 Å². The van der Waals surface area contributed by atoms with Gasteiger partial charge in [-0.15, -0.1) is 0 Å². The molecule has 0 aromatic heterocycles. The van der Waals surface area contributed by atoms with E-state index in [1.165, 1.54) is 0 Å². The molecular formula is C29H38N2O4. The van der Waals surface area contributed by atoms with Gasteiger partial charge in [0.1, 0.15) is 0 Å². The number of benzene rings is 2. The van der Waals surface area contributed by atoms with Crippen molar-refractivity contribution in [2.45, 2.75) is 92.1 Å². The number of hydrogen-bond donors (Lipinski definition) is 1. The summed E-state index contributed by atoms with van der Waals surface area (Å²) in [4.78, 5) is 29.8. The van der Waals surface area contributed by atoms with E-state index in [1.807, 2.05) is 68.7 Å². The number of aliphatic carboxylic acids is 1. The predicted octanol–water partition coefficient (Wildman–Crippen LogP) is 6.14. The Bertz CT molecular complexity index is 1150. The normalized spacial score (nSPS) is 18.7. The summed E-state index contributed by atoms with van der Waals surface area (Å²) in [6, 6.07) is 8.52. The standard InChI is InChI=1S/C29H38N2O4/c1-17-10-12-21(13-11-17)24-19(3)22-15-30(28(34)31-14-8-9-18(31)2)16-23(22)20(4)25(24)26(27(32)33)35-29(5,6)7/h10-13,18,26H,8-9,14-16H2,1-7H3,(H,32,33)/t18-,26?/m0/s1. The molecule has 0 bridgehead atoms. The summed E-state index contributed by atoms with van der Waals surface area (Å²) < 4.78 is 6.15. The van der Waals surface area contributed by atoms with E-state index >= 15 is 0 Å². The van der Waals surface area contributed by atoms with E-state index < -0.39 is 17.7 Å². The lowest BCUT2D eigenvalue weighted by molar-refractivity contribution is -0.160. The minimum absolute atomic E-state index is 0.0733. The van der Waals surface area contributed by atoms with Gasteiger partial charge >= 0.3 is 12.0 Å². The van der Waals surface area contributed by atoms with Crippen molar-refractivity contribution in [1.29, 1.82) is 0 Å². The molecule has 1 fully saturated rings. The molecule has 6 nitrogen and oxygen atoms in total. The smallest absolute Gasteiger partial charge is 0.337 e. The van der Waals surface area contributed by atoms with E-state index in [0.717, 1.165) is 58.3 Å². The Kier molecular flexibility index (Phi) is 6.71. The number of hydrogen-bond acceptors (Lipinski definition) is 3. The molecule has 0 radical (unpaired) electrons. The number of carbonyl (C=O) groups is 2. The summed E-state index contributed by atoms with van der Waals surface area (Å²) in [7, 11) is 0. The molecule has 2 aliphatic rings. The molecule has 2 aliphatic heterocycles. The molecule has 1 N–H and O–H groups in total. The topological polar surface area (TPSA) is 70.1 Å². The van der Waals surface area contributed by atoms with E-state index in [9.17, 15) is 14.7 Å². The van der Waals surface area contributed by atoms with Crippen LogP contribution in [-0.4, -0.2) is 45.1 Å². The van der Waals surface area contributed by atoms with E-state index in [1.54, 1.807) is 0 Å². The molecule has 2 heterocycles. The Morgan fingerprint density at radius 2 is 1.63 bits per heavy atom. The lowest BCUT2D eigenvalue weighted by atomic mass is 9.83. The number of rotatable bonds is 4. The third-order valence-electron chi connectivity index (χ3n) is 7.38. The number of carboxylic acids is 1. The van der Waals surface area contributed by atoms with Crippen molar-refractivity contribution in [2.75, 3.05) is 6.54 Å². The van der Waals surface area contributed by atoms with Crippen molar-refractivity contribution >= 4 is 12.0 Å². The highest BCUT2D eigenvalue weighted by Gasteiger charge is 2.38. The fourth-order valence-corrected chi connectivity index (χ4v) is 5.56. The van der Waals surface area contributed by atoms with Crippen LogP contribution in [0.5, 0.6) is 0 Å². The maximum absolute atomic E-state index is 13.4. The van der Waals surface area contributed by atoms with Crippen molar-refractivity contribution < 1.29 is 19.4 Å². The van der Waals surface area contributed by atoms with Gasteiger partial charge in [0.2, 0.25) is 0 Å². The largest absolute Gasteiger partial charge is 0.479 e. The number of likely N-dealkylation sites (tertiary alicyclic amines) is 1. The quantitative estimate of drug-likeness (QED) is 0.573. The van der Waals surface area contributed by atoms with Gasteiger partial charge in [0.05, 0.1) is 5.60 Å². The Morgan fingerprint density at radius 1 is 1.03 bits per heavy atom. The summed E-state index contributed by atoms with van der Waals surface area (Å²) in [5.41, 5.74) is 7.18. The zero-order chi connectivity index (χ0) is 25.7. The van der Waals surface area contributed by atoms with Crippen LogP contribution < -0.4 is 0 Å². The van der Waals surface area contributed by atoms with Gasteiger partial charge in [-0.1, -0.05) is 29.8 Å².